The van der Waals surface area contributed by atoms with Gasteiger partial charge in [-0.05, 0) is 55.5 Å². The predicted molar refractivity (Wildman–Crippen MR) is 141 cm³/mol. The van der Waals surface area contributed by atoms with Crippen LogP contribution < -0.4 is 13.8 Å². The number of fused-ring (bicyclic) bond motifs is 1. The summed E-state index contributed by atoms with van der Waals surface area (Å²) in [5, 5.41) is 0. The number of anilines is 1. The Kier molecular flexibility index (Phi) is 7.88. The predicted octanol–water partition coefficient (Wildman–Crippen LogP) is 4.31. The second-order valence-electron chi connectivity index (χ2n) is 7.78. The van der Waals surface area contributed by atoms with Crippen molar-refractivity contribution in [2.45, 2.75) is 18.4 Å². The third kappa shape index (κ3) is 5.06. The minimum atomic E-state index is -3.79. The molecule has 0 N–H and O–H groups in total. The fourth-order valence-electron chi connectivity index (χ4n) is 3.87. The molecule has 0 saturated carbocycles. The number of carbonyl (C=O) groups excluding carboxylic acids is 1. The quantitative estimate of drug-likeness (QED) is 0.325. The van der Waals surface area contributed by atoms with Crippen molar-refractivity contribution in [1.29, 1.82) is 0 Å². The summed E-state index contributed by atoms with van der Waals surface area (Å²) in [5.41, 5.74) is 1.71. The molecule has 1 amide bonds. The largest absolute Gasteiger partial charge is 0.495 e. The fourth-order valence-corrected chi connectivity index (χ4v) is 6.42. The van der Waals surface area contributed by atoms with Crippen LogP contribution in [-0.4, -0.2) is 46.3 Å². The molecule has 36 heavy (non-hydrogen) atoms. The summed E-state index contributed by atoms with van der Waals surface area (Å²) in [7, 11) is -0.574. The summed E-state index contributed by atoms with van der Waals surface area (Å²) in [6.07, 6.45) is 0. The fraction of sp³-hybridized carbons (Fsp3) is 0.231. The number of thiazole rings is 1. The molecule has 0 fully saturated rings. The van der Waals surface area contributed by atoms with Gasteiger partial charge in [-0.15, -0.1) is 0 Å². The zero-order chi connectivity index (χ0) is 25.7. The maximum Gasteiger partial charge on any atom is 0.279 e. The number of hydrogen-bond acceptors (Lipinski definition) is 6. The van der Waals surface area contributed by atoms with Crippen molar-refractivity contribution in [1.82, 2.24) is 4.57 Å². The number of benzene rings is 3. The van der Waals surface area contributed by atoms with Crippen molar-refractivity contribution in [3.05, 3.63) is 83.2 Å². The minimum Gasteiger partial charge on any atom is -0.495 e. The second-order valence-corrected chi connectivity index (χ2v) is 10.7. The molecule has 0 radical (unpaired) electrons. The Morgan fingerprint density at radius 3 is 2.36 bits per heavy atom. The van der Waals surface area contributed by atoms with Crippen molar-refractivity contribution >= 4 is 43.2 Å². The molecular formula is C26H27N3O5S2. The van der Waals surface area contributed by atoms with Crippen LogP contribution in [0.25, 0.3) is 10.2 Å². The van der Waals surface area contributed by atoms with Gasteiger partial charge in [0.05, 0.1) is 29.0 Å². The molecule has 1 heterocycles. The normalized spacial score (nSPS) is 12.1. The van der Waals surface area contributed by atoms with E-state index in [1.807, 2.05) is 28.8 Å². The molecule has 0 aliphatic carbocycles. The number of carbonyl (C=O) groups is 1. The molecule has 4 aromatic rings. The Morgan fingerprint density at radius 2 is 1.72 bits per heavy atom. The van der Waals surface area contributed by atoms with Crippen LogP contribution in [0, 0.1) is 0 Å². The molecule has 0 saturated heterocycles. The van der Waals surface area contributed by atoms with Gasteiger partial charge in [0.25, 0.3) is 15.9 Å². The number of sulfonamides is 1. The molecule has 0 atom stereocenters. The maximum absolute atomic E-state index is 13.2. The Morgan fingerprint density at radius 1 is 1.00 bits per heavy atom. The summed E-state index contributed by atoms with van der Waals surface area (Å²) in [5.74, 6) is 0.216. The summed E-state index contributed by atoms with van der Waals surface area (Å²) >= 11 is 1.38. The molecule has 0 spiro atoms. The summed E-state index contributed by atoms with van der Waals surface area (Å²) < 4.78 is 41.4. The van der Waals surface area contributed by atoms with Crippen LogP contribution in [-0.2, 0) is 21.3 Å². The SMILES string of the molecule is CCN(c1ccccc1)S(=O)(=O)c1ccc(C(=O)N=c2sc3cccc(OC)c3n2CCOC)cc1. The number of methoxy groups -OCH3 is 2. The van der Waals surface area contributed by atoms with Gasteiger partial charge in [-0.25, -0.2) is 8.42 Å². The average molecular weight is 526 g/mol. The number of aromatic nitrogens is 1. The molecule has 188 valence electrons. The first-order valence-corrected chi connectivity index (χ1v) is 13.6. The number of rotatable bonds is 9. The Bertz CT molecular complexity index is 1530. The van der Waals surface area contributed by atoms with E-state index in [-0.39, 0.29) is 11.4 Å². The van der Waals surface area contributed by atoms with Gasteiger partial charge in [0.2, 0.25) is 0 Å². The second kappa shape index (κ2) is 11.1. The van der Waals surface area contributed by atoms with Gasteiger partial charge in [0, 0.05) is 25.8 Å². The lowest BCUT2D eigenvalue weighted by molar-refractivity contribution is 0.0997. The molecule has 3 aromatic carbocycles. The van der Waals surface area contributed by atoms with Crippen LogP contribution in [0.3, 0.4) is 0 Å². The first-order chi connectivity index (χ1) is 17.4. The monoisotopic (exact) mass is 525 g/mol. The molecule has 4 rings (SSSR count). The van der Waals surface area contributed by atoms with Crippen LogP contribution >= 0.6 is 11.3 Å². The average Bonchev–Trinajstić information content (AvgIpc) is 3.25. The Labute approximate surface area is 214 Å². The first kappa shape index (κ1) is 25.6. The van der Waals surface area contributed by atoms with Crippen LogP contribution in [0.5, 0.6) is 5.75 Å². The summed E-state index contributed by atoms with van der Waals surface area (Å²) in [6.45, 7) is 2.99. The van der Waals surface area contributed by atoms with Gasteiger partial charge in [0.15, 0.2) is 4.80 Å². The van der Waals surface area contributed by atoms with Gasteiger partial charge in [-0.1, -0.05) is 35.6 Å². The van der Waals surface area contributed by atoms with E-state index in [2.05, 4.69) is 4.99 Å². The lowest BCUT2D eigenvalue weighted by Gasteiger charge is -2.22. The topological polar surface area (TPSA) is 90.2 Å². The third-order valence-electron chi connectivity index (χ3n) is 5.62. The minimum absolute atomic E-state index is 0.103. The standard InChI is InChI=1S/C26H27N3O5S2/c1-4-29(20-9-6-5-7-10-20)36(31,32)21-15-13-19(14-16-21)25(30)27-26-28(17-18-33-2)24-22(34-3)11-8-12-23(24)35-26/h5-16H,4,17-18H2,1-3H3. The number of para-hydroxylation sites is 2. The highest BCUT2D eigenvalue weighted by Gasteiger charge is 2.23. The highest BCUT2D eigenvalue weighted by Crippen LogP contribution is 2.27. The van der Waals surface area contributed by atoms with E-state index < -0.39 is 15.9 Å². The van der Waals surface area contributed by atoms with Gasteiger partial charge < -0.3 is 14.0 Å². The van der Waals surface area contributed by atoms with Crippen molar-refractivity contribution < 1.29 is 22.7 Å². The van der Waals surface area contributed by atoms with Gasteiger partial charge in [-0.2, -0.15) is 4.99 Å². The van der Waals surface area contributed by atoms with Crippen LogP contribution in [0.15, 0.2) is 82.7 Å². The number of ether oxygens (including phenoxy) is 2. The highest BCUT2D eigenvalue weighted by molar-refractivity contribution is 7.92. The zero-order valence-corrected chi connectivity index (χ0v) is 21.9. The van der Waals surface area contributed by atoms with Crippen molar-refractivity contribution in [3.8, 4) is 5.75 Å². The third-order valence-corrected chi connectivity index (χ3v) is 8.58. The molecule has 0 aliphatic rings. The number of amides is 1. The van der Waals surface area contributed by atoms with E-state index in [0.717, 1.165) is 10.2 Å². The maximum atomic E-state index is 13.2. The molecular weight excluding hydrogens is 498 g/mol. The van der Waals surface area contributed by atoms with Crippen LogP contribution in [0.2, 0.25) is 0 Å². The lowest BCUT2D eigenvalue weighted by atomic mass is 10.2. The molecule has 0 aliphatic heterocycles. The highest BCUT2D eigenvalue weighted by atomic mass is 32.2. The van der Waals surface area contributed by atoms with Gasteiger partial charge >= 0.3 is 0 Å². The zero-order valence-electron chi connectivity index (χ0n) is 20.2. The van der Waals surface area contributed by atoms with E-state index in [1.165, 1.54) is 39.9 Å². The van der Waals surface area contributed by atoms with E-state index >= 15 is 0 Å². The Balaban J connectivity index is 1.68. The molecule has 8 nitrogen and oxygen atoms in total. The van der Waals surface area contributed by atoms with E-state index in [9.17, 15) is 13.2 Å². The summed E-state index contributed by atoms with van der Waals surface area (Å²) in [4.78, 5) is 18.0. The van der Waals surface area contributed by atoms with Crippen molar-refractivity contribution in [2.75, 3.05) is 31.7 Å². The van der Waals surface area contributed by atoms with Crippen molar-refractivity contribution in [3.63, 3.8) is 0 Å². The van der Waals surface area contributed by atoms with E-state index in [4.69, 9.17) is 9.47 Å². The first-order valence-electron chi connectivity index (χ1n) is 11.3. The lowest BCUT2D eigenvalue weighted by Crippen LogP contribution is -2.30. The smallest absolute Gasteiger partial charge is 0.279 e. The Hall–Kier alpha value is -3.47. The van der Waals surface area contributed by atoms with Crippen LogP contribution in [0.4, 0.5) is 5.69 Å². The molecule has 1 aromatic heterocycles. The van der Waals surface area contributed by atoms with Crippen molar-refractivity contribution in [2.24, 2.45) is 4.99 Å². The molecule has 0 bridgehead atoms. The van der Waals surface area contributed by atoms with E-state index in [0.29, 0.717) is 35.0 Å². The number of nitrogens with zero attached hydrogens (tertiary/aromatic N) is 3. The van der Waals surface area contributed by atoms with Gasteiger partial charge in [0.1, 0.15) is 11.3 Å². The summed E-state index contributed by atoms with van der Waals surface area (Å²) in [6, 6.07) is 20.5. The van der Waals surface area contributed by atoms with E-state index in [1.54, 1.807) is 45.4 Å². The molecule has 0 unspecified atom stereocenters. The molecule has 10 heteroatoms. The van der Waals surface area contributed by atoms with Crippen LogP contribution in [0.1, 0.15) is 17.3 Å². The van der Waals surface area contributed by atoms with Gasteiger partial charge in [-0.3, -0.25) is 9.10 Å². The number of hydrogen-bond donors (Lipinski definition) is 0.